The minimum atomic E-state index is -0.591. The van der Waals surface area contributed by atoms with Crippen molar-refractivity contribution < 1.29 is 4.42 Å². The van der Waals surface area contributed by atoms with Crippen LogP contribution in [0.15, 0.2) is 50.3 Å². The first-order valence-corrected chi connectivity index (χ1v) is 8.87. The predicted octanol–water partition coefficient (Wildman–Crippen LogP) is 4.03. The Hall–Kier alpha value is -3.02. The average molecular weight is 443 g/mol. The quantitative estimate of drug-likeness (QED) is 0.465. The minimum Gasteiger partial charge on any atom is -0.401 e. The number of pyridine rings is 1. The molecule has 0 aliphatic carbocycles. The fourth-order valence-corrected chi connectivity index (χ4v) is 3.30. The van der Waals surface area contributed by atoms with Crippen molar-refractivity contribution in [2.24, 2.45) is 0 Å². The molecule has 132 valence electrons. The largest absolute Gasteiger partial charge is 0.401 e. The highest BCUT2D eigenvalue weighted by molar-refractivity contribution is 9.10. The number of hydrogen-bond donors (Lipinski definition) is 0. The summed E-state index contributed by atoms with van der Waals surface area (Å²) in [6, 6.07) is 10.2. The van der Waals surface area contributed by atoms with Crippen LogP contribution in [-0.4, -0.2) is 19.7 Å². The van der Waals surface area contributed by atoms with Crippen LogP contribution in [0.4, 0.5) is 0 Å². The fourth-order valence-electron chi connectivity index (χ4n) is 2.72. The standard InChI is InChI=1S/C18H9BrClN5O2/c1-9-5-10(8-21)6-11-15(9)23-17(27-18(11)26)13-7-14(19)24-25(13)16-12(20)3-2-4-22-16/h2-7H,1H3. The molecular weight excluding hydrogens is 434 g/mol. The summed E-state index contributed by atoms with van der Waals surface area (Å²) in [7, 11) is 0. The Balaban J connectivity index is 2.00. The van der Waals surface area contributed by atoms with Crippen molar-refractivity contribution in [3.05, 3.63) is 67.7 Å². The number of nitriles is 1. The first-order chi connectivity index (χ1) is 13.0. The molecule has 0 saturated carbocycles. The van der Waals surface area contributed by atoms with E-state index in [9.17, 15) is 4.79 Å². The maximum Gasteiger partial charge on any atom is 0.347 e. The van der Waals surface area contributed by atoms with E-state index in [1.807, 2.05) is 6.07 Å². The molecule has 0 aliphatic heterocycles. The summed E-state index contributed by atoms with van der Waals surface area (Å²) in [5, 5.41) is 14.0. The Labute approximate surface area is 166 Å². The minimum absolute atomic E-state index is 0.0697. The van der Waals surface area contributed by atoms with Crippen LogP contribution in [0.2, 0.25) is 5.02 Å². The molecule has 4 rings (SSSR count). The van der Waals surface area contributed by atoms with Crippen molar-refractivity contribution in [3.8, 4) is 23.5 Å². The number of benzene rings is 1. The van der Waals surface area contributed by atoms with E-state index in [1.54, 1.807) is 37.4 Å². The SMILES string of the molecule is Cc1cc(C#N)cc2c(=O)oc(-c3cc(Br)nn3-c3ncccc3Cl)nc12. The van der Waals surface area contributed by atoms with E-state index in [0.717, 1.165) is 0 Å². The van der Waals surface area contributed by atoms with Crippen LogP contribution in [0.3, 0.4) is 0 Å². The van der Waals surface area contributed by atoms with Gasteiger partial charge in [0, 0.05) is 12.3 Å². The van der Waals surface area contributed by atoms with E-state index in [4.69, 9.17) is 21.3 Å². The average Bonchev–Trinajstić information content (AvgIpc) is 3.04. The van der Waals surface area contributed by atoms with Crippen LogP contribution in [0.5, 0.6) is 0 Å². The molecule has 0 saturated heterocycles. The number of halogens is 2. The fraction of sp³-hybridized carbons (Fsp3) is 0.0556. The van der Waals surface area contributed by atoms with Gasteiger partial charge in [0.05, 0.1) is 27.6 Å². The topological polar surface area (TPSA) is 97.6 Å². The zero-order valence-electron chi connectivity index (χ0n) is 13.8. The summed E-state index contributed by atoms with van der Waals surface area (Å²) in [6.45, 7) is 1.78. The third-order valence-corrected chi connectivity index (χ3v) is 4.57. The Morgan fingerprint density at radius 3 is 2.89 bits per heavy atom. The van der Waals surface area contributed by atoms with Crippen molar-refractivity contribution in [3.63, 3.8) is 0 Å². The molecule has 7 nitrogen and oxygen atoms in total. The van der Waals surface area contributed by atoms with Gasteiger partial charge >= 0.3 is 5.63 Å². The van der Waals surface area contributed by atoms with Crippen LogP contribution in [0.1, 0.15) is 11.1 Å². The Morgan fingerprint density at radius 2 is 2.15 bits per heavy atom. The lowest BCUT2D eigenvalue weighted by Gasteiger charge is -2.08. The first kappa shape index (κ1) is 17.4. The van der Waals surface area contributed by atoms with Gasteiger partial charge in [0.2, 0.25) is 5.89 Å². The Bertz CT molecular complexity index is 1310. The Morgan fingerprint density at radius 1 is 1.33 bits per heavy atom. The zero-order valence-corrected chi connectivity index (χ0v) is 16.1. The third kappa shape index (κ3) is 3.01. The van der Waals surface area contributed by atoms with Crippen molar-refractivity contribution in [2.75, 3.05) is 0 Å². The van der Waals surface area contributed by atoms with Crippen molar-refractivity contribution >= 4 is 38.4 Å². The maximum atomic E-state index is 12.5. The van der Waals surface area contributed by atoms with Gasteiger partial charge in [-0.1, -0.05) is 11.6 Å². The highest BCUT2D eigenvalue weighted by Gasteiger charge is 2.19. The molecule has 0 N–H and O–H groups in total. The van der Waals surface area contributed by atoms with E-state index < -0.39 is 5.63 Å². The van der Waals surface area contributed by atoms with Crippen molar-refractivity contribution in [1.29, 1.82) is 5.26 Å². The van der Waals surface area contributed by atoms with E-state index in [-0.39, 0.29) is 11.3 Å². The number of nitrogens with zero attached hydrogens (tertiary/aromatic N) is 5. The van der Waals surface area contributed by atoms with E-state index >= 15 is 0 Å². The number of rotatable bonds is 2. The van der Waals surface area contributed by atoms with Gasteiger partial charge in [0.1, 0.15) is 10.3 Å². The number of aromatic nitrogens is 4. The number of fused-ring (bicyclic) bond motifs is 1. The lowest BCUT2D eigenvalue weighted by atomic mass is 10.1. The molecule has 9 heteroatoms. The molecule has 0 spiro atoms. The number of aryl methyl sites for hydroxylation is 1. The maximum absolute atomic E-state index is 12.5. The van der Waals surface area contributed by atoms with Crippen LogP contribution in [0, 0.1) is 18.3 Å². The molecule has 1 aromatic carbocycles. The van der Waals surface area contributed by atoms with Gasteiger partial charge in [-0.3, -0.25) is 0 Å². The highest BCUT2D eigenvalue weighted by atomic mass is 79.9. The Kier molecular flexibility index (Phi) is 4.26. The lowest BCUT2D eigenvalue weighted by molar-refractivity contribution is 0.513. The molecule has 3 aromatic heterocycles. The second-order valence-electron chi connectivity index (χ2n) is 5.68. The second kappa shape index (κ2) is 6.61. The van der Waals surface area contributed by atoms with Crippen LogP contribution < -0.4 is 5.63 Å². The van der Waals surface area contributed by atoms with Gasteiger partial charge in [0.15, 0.2) is 5.82 Å². The highest BCUT2D eigenvalue weighted by Crippen LogP contribution is 2.28. The predicted molar refractivity (Wildman–Crippen MR) is 103 cm³/mol. The van der Waals surface area contributed by atoms with Crippen LogP contribution >= 0.6 is 27.5 Å². The monoisotopic (exact) mass is 441 g/mol. The molecule has 27 heavy (non-hydrogen) atoms. The molecule has 0 amide bonds. The van der Waals surface area contributed by atoms with Crippen LogP contribution in [-0.2, 0) is 0 Å². The molecule has 0 unspecified atom stereocenters. The lowest BCUT2D eigenvalue weighted by Crippen LogP contribution is -2.08. The van der Waals surface area contributed by atoms with Crippen LogP contribution in [0.25, 0.3) is 28.3 Å². The van der Waals surface area contributed by atoms with Crippen molar-refractivity contribution in [1.82, 2.24) is 19.7 Å². The first-order valence-electron chi connectivity index (χ1n) is 7.70. The summed E-state index contributed by atoms with van der Waals surface area (Å²) < 4.78 is 7.37. The van der Waals surface area contributed by atoms with Gasteiger partial charge in [-0.05, 0) is 52.7 Å². The second-order valence-corrected chi connectivity index (χ2v) is 6.90. The molecule has 0 aliphatic rings. The molecule has 4 aromatic rings. The molecule has 0 atom stereocenters. The van der Waals surface area contributed by atoms with Gasteiger partial charge < -0.3 is 4.42 Å². The van der Waals surface area contributed by atoms with E-state index in [1.165, 1.54) is 10.7 Å². The van der Waals surface area contributed by atoms with Gasteiger partial charge in [-0.25, -0.2) is 19.4 Å². The summed E-state index contributed by atoms with van der Waals surface area (Å²) in [4.78, 5) is 21.2. The molecular formula is C18H9BrClN5O2. The van der Waals surface area contributed by atoms with Gasteiger partial charge in [0.25, 0.3) is 0 Å². The summed E-state index contributed by atoms with van der Waals surface area (Å²) >= 11 is 9.55. The van der Waals surface area contributed by atoms with E-state index in [2.05, 4.69) is 31.0 Å². The third-order valence-electron chi connectivity index (χ3n) is 3.89. The summed E-state index contributed by atoms with van der Waals surface area (Å²) in [5.74, 6) is 0.446. The zero-order chi connectivity index (χ0) is 19.1. The van der Waals surface area contributed by atoms with Gasteiger partial charge in [-0.2, -0.15) is 10.4 Å². The summed E-state index contributed by atoms with van der Waals surface area (Å²) in [5.41, 5.74) is 1.33. The molecule has 0 fully saturated rings. The van der Waals surface area contributed by atoms with Crippen molar-refractivity contribution in [2.45, 2.75) is 6.92 Å². The van der Waals surface area contributed by atoms with E-state index in [0.29, 0.717) is 37.8 Å². The smallest absolute Gasteiger partial charge is 0.347 e. The molecule has 0 radical (unpaired) electrons. The number of hydrogen-bond acceptors (Lipinski definition) is 6. The molecule has 0 bridgehead atoms. The normalized spacial score (nSPS) is 10.9. The molecule has 3 heterocycles. The summed E-state index contributed by atoms with van der Waals surface area (Å²) in [6.07, 6.45) is 1.58. The van der Waals surface area contributed by atoms with Gasteiger partial charge in [-0.15, -0.1) is 0 Å².